The van der Waals surface area contributed by atoms with Gasteiger partial charge in [-0.05, 0) is 43.2 Å². The zero-order valence-electron chi connectivity index (χ0n) is 14.4. The lowest BCUT2D eigenvalue weighted by molar-refractivity contribution is 0.0951. The molecule has 126 valence electrons. The second-order valence-electron chi connectivity index (χ2n) is 6.48. The highest BCUT2D eigenvalue weighted by Gasteiger charge is 2.25. The Morgan fingerprint density at radius 3 is 2.71 bits per heavy atom. The van der Waals surface area contributed by atoms with Crippen molar-refractivity contribution < 1.29 is 4.79 Å². The zero-order valence-corrected chi connectivity index (χ0v) is 14.4. The molecule has 4 nitrogen and oxygen atoms in total. The number of nitrogens with zero attached hydrogens (tertiary/aromatic N) is 2. The fraction of sp³-hybridized carbons (Fsp3) is 0.350. The second-order valence-corrected chi connectivity index (χ2v) is 6.48. The summed E-state index contributed by atoms with van der Waals surface area (Å²) in [6.07, 6.45) is 2.29. The smallest absolute Gasteiger partial charge is 0.251 e. The van der Waals surface area contributed by atoms with Crippen molar-refractivity contribution in [3.63, 3.8) is 0 Å². The van der Waals surface area contributed by atoms with E-state index in [1.165, 1.54) is 12.1 Å². The number of carbonyl (C=O) groups is 1. The van der Waals surface area contributed by atoms with Gasteiger partial charge in [0.15, 0.2) is 0 Å². The van der Waals surface area contributed by atoms with Crippen molar-refractivity contribution in [3.05, 3.63) is 60.2 Å². The van der Waals surface area contributed by atoms with Gasteiger partial charge in [0.25, 0.3) is 5.91 Å². The van der Waals surface area contributed by atoms with E-state index in [4.69, 9.17) is 0 Å². The van der Waals surface area contributed by atoms with Crippen LogP contribution in [0, 0.1) is 0 Å². The van der Waals surface area contributed by atoms with Gasteiger partial charge in [-0.1, -0.05) is 24.3 Å². The first-order valence-corrected chi connectivity index (χ1v) is 8.52. The van der Waals surface area contributed by atoms with Crippen molar-refractivity contribution in [3.8, 4) is 0 Å². The van der Waals surface area contributed by atoms with Crippen LogP contribution in [0.4, 0.5) is 11.4 Å². The third-order valence-electron chi connectivity index (χ3n) is 4.59. The van der Waals surface area contributed by atoms with Crippen LogP contribution in [-0.4, -0.2) is 39.1 Å². The molecule has 1 aliphatic rings. The highest BCUT2D eigenvalue weighted by atomic mass is 16.1. The Hall–Kier alpha value is -2.49. The third-order valence-corrected chi connectivity index (χ3v) is 4.59. The minimum atomic E-state index is -0.00129. The molecule has 0 spiro atoms. The lowest BCUT2D eigenvalue weighted by Crippen LogP contribution is -2.40. The molecule has 1 amide bonds. The van der Waals surface area contributed by atoms with Crippen LogP contribution < -0.4 is 15.1 Å². The molecule has 2 aromatic rings. The van der Waals surface area contributed by atoms with Crippen molar-refractivity contribution in [2.45, 2.75) is 18.9 Å². The molecule has 1 fully saturated rings. The van der Waals surface area contributed by atoms with Crippen LogP contribution >= 0.6 is 0 Å². The average Bonchev–Trinajstić information content (AvgIpc) is 3.09. The number of carbonyl (C=O) groups excluding carboxylic acids is 1. The van der Waals surface area contributed by atoms with Crippen LogP contribution in [0.2, 0.25) is 0 Å². The van der Waals surface area contributed by atoms with Crippen molar-refractivity contribution in [2.75, 3.05) is 37.0 Å². The topological polar surface area (TPSA) is 35.6 Å². The van der Waals surface area contributed by atoms with E-state index in [0.29, 0.717) is 18.2 Å². The molecule has 0 aliphatic carbocycles. The minimum absolute atomic E-state index is 0.00129. The standard InChI is InChI=1S/C20H25N3O/c1-22(2)18-11-6-8-16(14-18)20(24)21-15-19-12-7-13-23(19)17-9-4-3-5-10-17/h3-6,8-11,14,19H,7,12-13,15H2,1-2H3,(H,21,24). The largest absolute Gasteiger partial charge is 0.378 e. The molecule has 2 aromatic carbocycles. The monoisotopic (exact) mass is 323 g/mol. The predicted octanol–water partition coefficient (Wildman–Crippen LogP) is 3.15. The Labute approximate surface area is 144 Å². The van der Waals surface area contributed by atoms with Gasteiger partial charge in [-0.2, -0.15) is 0 Å². The van der Waals surface area contributed by atoms with E-state index >= 15 is 0 Å². The first-order chi connectivity index (χ1) is 11.6. The van der Waals surface area contributed by atoms with Crippen LogP contribution in [-0.2, 0) is 0 Å². The Morgan fingerprint density at radius 2 is 1.96 bits per heavy atom. The van der Waals surface area contributed by atoms with Crippen LogP contribution in [0.1, 0.15) is 23.2 Å². The van der Waals surface area contributed by atoms with Gasteiger partial charge in [-0.15, -0.1) is 0 Å². The molecule has 0 saturated carbocycles. The summed E-state index contributed by atoms with van der Waals surface area (Å²) >= 11 is 0. The lowest BCUT2D eigenvalue weighted by Gasteiger charge is -2.27. The van der Waals surface area contributed by atoms with Crippen LogP contribution in [0.3, 0.4) is 0 Å². The molecule has 1 aliphatic heterocycles. The number of hydrogen-bond acceptors (Lipinski definition) is 3. The molecule has 1 saturated heterocycles. The lowest BCUT2D eigenvalue weighted by atomic mass is 10.1. The second kappa shape index (κ2) is 7.39. The maximum Gasteiger partial charge on any atom is 0.251 e. The Morgan fingerprint density at radius 1 is 1.17 bits per heavy atom. The van der Waals surface area contributed by atoms with E-state index in [1.54, 1.807) is 0 Å². The van der Waals surface area contributed by atoms with E-state index < -0.39 is 0 Å². The number of nitrogens with one attached hydrogen (secondary N) is 1. The van der Waals surface area contributed by atoms with Crippen LogP contribution in [0.15, 0.2) is 54.6 Å². The van der Waals surface area contributed by atoms with Gasteiger partial charge in [-0.3, -0.25) is 4.79 Å². The molecule has 0 bridgehead atoms. The minimum Gasteiger partial charge on any atom is -0.378 e. The Kier molecular flexibility index (Phi) is 5.04. The maximum absolute atomic E-state index is 12.5. The fourth-order valence-electron chi connectivity index (χ4n) is 3.25. The summed E-state index contributed by atoms with van der Waals surface area (Å²) in [6.45, 7) is 1.74. The van der Waals surface area contributed by atoms with Gasteiger partial charge >= 0.3 is 0 Å². The molecule has 1 unspecified atom stereocenters. The molecular weight excluding hydrogens is 298 g/mol. The molecule has 3 rings (SSSR count). The first-order valence-electron chi connectivity index (χ1n) is 8.52. The van der Waals surface area contributed by atoms with E-state index in [2.05, 4.69) is 34.5 Å². The zero-order chi connectivity index (χ0) is 16.9. The van der Waals surface area contributed by atoms with Gasteiger partial charge in [0.1, 0.15) is 0 Å². The van der Waals surface area contributed by atoms with E-state index in [0.717, 1.165) is 18.7 Å². The summed E-state index contributed by atoms with van der Waals surface area (Å²) < 4.78 is 0. The summed E-state index contributed by atoms with van der Waals surface area (Å²) in [7, 11) is 3.96. The number of hydrogen-bond donors (Lipinski definition) is 1. The average molecular weight is 323 g/mol. The van der Waals surface area contributed by atoms with Gasteiger partial charge in [0, 0.05) is 50.2 Å². The number of benzene rings is 2. The van der Waals surface area contributed by atoms with Crippen molar-refractivity contribution >= 4 is 17.3 Å². The molecule has 0 radical (unpaired) electrons. The van der Waals surface area contributed by atoms with Gasteiger partial charge in [-0.25, -0.2) is 0 Å². The molecule has 1 atom stereocenters. The molecule has 4 heteroatoms. The molecule has 24 heavy (non-hydrogen) atoms. The number of para-hydroxylation sites is 1. The Bertz CT molecular complexity index is 684. The maximum atomic E-state index is 12.5. The van der Waals surface area contributed by atoms with Gasteiger partial charge < -0.3 is 15.1 Å². The van der Waals surface area contributed by atoms with Gasteiger partial charge in [0.2, 0.25) is 0 Å². The summed E-state index contributed by atoms with van der Waals surface area (Å²) in [6, 6.07) is 18.5. The SMILES string of the molecule is CN(C)c1cccc(C(=O)NCC2CCCN2c2ccccc2)c1. The third kappa shape index (κ3) is 3.70. The van der Waals surface area contributed by atoms with Crippen molar-refractivity contribution in [1.29, 1.82) is 0 Å². The van der Waals surface area contributed by atoms with Crippen molar-refractivity contribution in [2.24, 2.45) is 0 Å². The molecule has 1 heterocycles. The summed E-state index contributed by atoms with van der Waals surface area (Å²) in [5.74, 6) is -0.00129. The highest BCUT2D eigenvalue weighted by molar-refractivity contribution is 5.95. The van der Waals surface area contributed by atoms with Crippen LogP contribution in [0.5, 0.6) is 0 Å². The fourth-order valence-corrected chi connectivity index (χ4v) is 3.25. The number of amides is 1. The molecule has 1 N–H and O–H groups in total. The summed E-state index contributed by atoms with van der Waals surface area (Å²) in [4.78, 5) is 16.9. The molecular formula is C20H25N3O. The summed E-state index contributed by atoms with van der Waals surface area (Å²) in [5.41, 5.74) is 2.99. The van der Waals surface area contributed by atoms with E-state index in [1.807, 2.05) is 49.3 Å². The number of anilines is 2. The quantitative estimate of drug-likeness (QED) is 0.918. The van der Waals surface area contributed by atoms with Crippen LogP contribution in [0.25, 0.3) is 0 Å². The highest BCUT2D eigenvalue weighted by Crippen LogP contribution is 2.24. The van der Waals surface area contributed by atoms with E-state index in [-0.39, 0.29) is 5.91 Å². The number of rotatable bonds is 5. The predicted molar refractivity (Wildman–Crippen MR) is 99.9 cm³/mol. The van der Waals surface area contributed by atoms with E-state index in [9.17, 15) is 4.79 Å². The summed E-state index contributed by atoms with van der Waals surface area (Å²) in [5, 5.41) is 3.11. The Balaban J connectivity index is 1.62. The first kappa shape index (κ1) is 16.4. The van der Waals surface area contributed by atoms with Gasteiger partial charge in [0.05, 0.1) is 0 Å². The molecule has 0 aromatic heterocycles. The normalized spacial score (nSPS) is 16.9. The van der Waals surface area contributed by atoms with Crippen molar-refractivity contribution in [1.82, 2.24) is 5.32 Å².